The zero-order valence-electron chi connectivity index (χ0n) is 11.6. The van der Waals surface area contributed by atoms with Crippen molar-refractivity contribution in [2.24, 2.45) is 0 Å². The van der Waals surface area contributed by atoms with Gasteiger partial charge in [0.2, 0.25) is 10.0 Å². The SMILES string of the molecule is C[C@@H]1CN(S(=O)(=O)c2ccc(Cl)c(C(=O)O)c2)C[C@H](C)O1. The standard InChI is InChI=1S/C13H16ClNO5S/c1-8-6-15(7-9(2)20-8)21(18,19)10-3-4-12(14)11(5-10)13(16)17/h3-5,8-9H,6-7H2,1-2H3,(H,16,17)/t8-,9+. The molecule has 0 bridgehead atoms. The number of hydrogen-bond acceptors (Lipinski definition) is 4. The average molecular weight is 334 g/mol. The molecule has 0 unspecified atom stereocenters. The first-order chi connectivity index (χ1) is 9.71. The maximum atomic E-state index is 12.6. The van der Waals surface area contributed by atoms with Gasteiger partial charge < -0.3 is 9.84 Å². The van der Waals surface area contributed by atoms with Crippen LogP contribution in [0.25, 0.3) is 0 Å². The number of hydrogen-bond donors (Lipinski definition) is 1. The third-order valence-corrected chi connectivity index (χ3v) is 5.35. The number of nitrogens with zero attached hydrogens (tertiary/aromatic N) is 1. The van der Waals surface area contributed by atoms with Gasteiger partial charge in [-0.3, -0.25) is 0 Å². The molecule has 1 aromatic rings. The second-order valence-corrected chi connectivity index (χ2v) is 7.37. The summed E-state index contributed by atoms with van der Waals surface area (Å²) in [5.41, 5.74) is -0.230. The fourth-order valence-corrected chi connectivity index (χ4v) is 4.12. The second kappa shape index (κ2) is 5.92. The van der Waals surface area contributed by atoms with E-state index in [2.05, 4.69) is 0 Å². The molecule has 0 aromatic heterocycles. The topological polar surface area (TPSA) is 83.9 Å². The van der Waals surface area contributed by atoms with Crippen molar-refractivity contribution in [2.45, 2.75) is 31.0 Å². The predicted molar refractivity (Wildman–Crippen MR) is 77.2 cm³/mol. The molecule has 0 aliphatic carbocycles. The molecule has 0 spiro atoms. The van der Waals surface area contributed by atoms with Crippen LogP contribution in [0.1, 0.15) is 24.2 Å². The lowest BCUT2D eigenvalue weighted by Crippen LogP contribution is -2.48. The zero-order valence-corrected chi connectivity index (χ0v) is 13.2. The van der Waals surface area contributed by atoms with Gasteiger partial charge in [-0.1, -0.05) is 11.6 Å². The van der Waals surface area contributed by atoms with E-state index < -0.39 is 16.0 Å². The van der Waals surface area contributed by atoms with Crippen molar-refractivity contribution in [3.05, 3.63) is 28.8 Å². The van der Waals surface area contributed by atoms with Crippen LogP contribution in [0.15, 0.2) is 23.1 Å². The number of carbonyl (C=O) groups is 1. The summed E-state index contributed by atoms with van der Waals surface area (Å²) < 4.78 is 32.0. The summed E-state index contributed by atoms with van der Waals surface area (Å²) in [4.78, 5) is 11.0. The van der Waals surface area contributed by atoms with E-state index >= 15 is 0 Å². The highest BCUT2D eigenvalue weighted by Crippen LogP contribution is 2.25. The van der Waals surface area contributed by atoms with Crippen molar-refractivity contribution >= 4 is 27.6 Å². The summed E-state index contributed by atoms with van der Waals surface area (Å²) in [6.45, 7) is 4.06. The first kappa shape index (κ1) is 16.2. The molecular formula is C13H16ClNO5S. The highest BCUT2D eigenvalue weighted by atomic mass is 35.5. The number of aromatic carboxylic acids is 1. The van der Waals surface area contributed by atoms with Crippen LogP contribution in [0.2, 0.25) is 5.02 Å². The summed E-state index contributed by atoms with van der Waals surface area (Å²) in [5, 5.41) is 9.04. The number of benzene rings is 1. The maximum absolute atomic E-state index is 12.6. The molecule has 1 aliphatic heterocycles. The third-order valence-electron chi connectivity index (χ3n) is 3.19. The van der Waals surface area contributed by atoms with E-state index in [-0.39, 0.29) is 40.8 Å². The Morgan fingerprint density at radius 1 is 1.33 bits per heavy atom. The van der Waals surface area contributed by atoms with Gasteiger partial charge in [-0.25, -0.2) is 13.2 Å². The molecule has 1 N–H and O–H groups in total. The molecule has 2 rings (SSSR count). The van der Waals surface area contributed by atoms with Crippen molar-refractivity contribution in [1.29, 1.82) is 0 Å². The van der Waals surface area contributed by atoms with Gasteiger partial charge in [0, 0.05) is 13.1 Å². The average Bonchev–Trinajstić information content (AvgIpc) is 2.37. The lowest BCUT2D eigenvalue weighted by Gasteiger charge is -2.34. The van der Waals surface area contributed by atoms with E-state index in [9.17, 15) is 13.2 Å². The number of carboxylic acid groups (broad SMARTS) is 1. The molecule has 1 saturated heterocycles. The van der Waals surface area contributed by atoms with Crippen molar-refractivity contribution in [2.75, 3.05) is 13.1 Å². The van der Waals surface area contributed by atoms with Crippen LogP contribution in [-0.4, -0.2) is 49.1 Å². The van der Waals surface area contributed by atoms with E-state index in [1.54, 1.807) is 13.8 Å². The first-order valence-corrected chi connectivity index (χ1v) is 8.22. The van der Waals surface area contributed by atoms with Gasteiger partial charge in [-0.05, 0) is 32.0 Å². The highest BCUT2D eigenvalue weighted by molar-refractivity contribution is 7.89. The number of ether oxygens (including phenoxy) is 1. The minimum Gasteiger partial charge on any atom is -0.478 e. The van der Waals surface area contributed by atoms with Crippen LogP contribution in [0.3, 0.4) is 0 Å². The van der Waals surface area contributed by atoms with Gasteiger partial charge in [0.25, 0.3) is 0 Å². The molecule has 1 aliphatic rings. The summed E-state index contributed by atoms with van der Waals surface area (Å²) in [6, 6.07) is 3.69. The minimum absolute atomic E-state index is 0.00478. The van der Waals surface area contributed by atoms with Gasteiger partial charge in [-0.15, -0.1) is 0 Å². The third kappa shape index (κ3) is 3.37. The van der Waals surface area contributed by atoms with Crippen LogP contribution >= 0.6 is 11.6 Å². The summed E-state index contributed by atoms with van der Waals surface area (Å²) in [5.74, 6) is -1.26. The maximum Gasteiger partial charge on any atom is 0.337 e. The number of rotatable bonds is 3. The summed E-state index contributed by atoms with van der Waals surface area (Å²) in [6.07, 6.45) is -0.426. The number of carboxylic acids is 1. The molecule has 1 heterocycles. The number of halogens is 1. The normalized spacial score (nSPS) is 24.0. The molecule has 2 atom stereocenters. The van der Waals surface area contributed by atoms with Crippen molar-refractivity contribution in [1.82, 2.24) is 4.31 Å². The number of morpholine rings is 1. The molecule has 21 heavy (non-hydrogen) atoms. The van der Waals surface area contributed by atoms with E-state index in [1.807, 2.05) is 0 Å². The smallest absolute Gasteiger partial charge is 0.337 e. The summed E-state index contributed by atoms with van der Waals surface area (Å²) in [7, 11) is -3.77. The Bertz CT molecular complexity index is 651. The van der Waals surface area contributed by atoms with Crippen molar-refractivity contribution in [3.63, 3.8) is 0 Å². The molecule has 0 radical (unpaired) electrons. The monoisotopic (exact) mass is 333 g/mol. The fraction of sp³-hybridized carbons (Fsp3) is 0.462. The van der Waals surface area contributed by atoms with Crippen LogP contribution in [0, 0.1) is 0 Å². The van der Waals surface area contributed by atoms with Gasteiger partial charge in [-0.2, -0.15) is 4.31 Å². The van der Waals surface area contributed by atoms with Crippen LogP contribution in [-0.2, 0) is 14.8 Å². The molecule has 116 valence electrons. The Morgan fingerprint density at radius 2 is 1.90 bits per heavy atom. The van der Waals surface area contributed by atoms with E-state index in [1.165, 1.54) is 16.4 Å². The lowest BCUT2D eigenvalue weighted by molar-refractivity contribution is -0.0440. The largest absolute Gasteiger partial charge is 0.478 e. The van der Waals surface area contributed by atoms with Crippen molar-refractivity contribution in [3.8, 4) is 0 Å². The Labute approximate surface area is 128 Å². The molecule has 0 saturated carbocycles. The van der Waals surface area contributed by atoms with Gasteiger partial charge in [0.1, 0.15) is 0 Å². The number of sulfonamides is 1. The molecule has 6 nitrogen and oxygen atoms in total. The van der Waals surface area contributed by atoms with E-state index in [0.29, 0.717) is 0 Å². The van der Waals surface area contributed by atoms with E-state index in [4.69, 9.17) is 21.4 Å². The van der Waals surface area contributed by atoms with Gasteiger partial charge in [0.05, 0.1) is 27.7 Å². The van der Waals surface area contributed by atoms with Gasteiger partial charge in [0.15, 0.2) is 0 Å². The van der Waals surface area contributed by atoms with Crippen LogP contribution < -0.4 is 0 Å². The zero-order chi connectivity index (χ0) is 15.8. The molecule has 1 fully saturated rings. The molecule has 1 aromatic carbocycles. The lowest BCUT2D eigenvalue weighted by atomic mass is 10.2. The summed E-state index contributed by atoms with van der Waals surface area (Å²) >= 11 is 5.76. The Hall–Kier alpha value is -1.15. The molecule has 8 heteroatoms. The predicted octanol–water partition coefficient (Wildman–Crippen LogP) is 1.84. The highest BCUT2D eigenvalue weighted by Gasteiger charge is 2.32. The first-order valence-electron chi connectivity index (χ1n) is 6.40. The Balaban J connectivity index is 2.40. The van der Waals surface area contributed by atoms with Gasteiger partial charge >= 0.3 is 5.97 Å². The minimum atomic E-state index is -3.77. The van der Waals surface area contributed by atoms with E-state index in [0.717, 1.165) is 6.07 Å². The van der Waals surface area contributed by atoms with Crippen molar-refractivity contribution < 1.29 is 23.1 Å². The molecular weight excluding hydrogens is 318 g/mol. The quantitative estimate of drug-likeness (QED) is 0.912. The van der Waals surface area contributed by atoms with Crippen LogP contribution in [0.4, 0.5) is 0 Å². The Morgan fingerprint density at radius 3 is 2.43 bits per heavy atom. The molecule has 0 amide bonds. The Kier molecular flexibility index (Phi) is 4.57. The second-order valence-electron chi connectivity index (χ2n) is 5.03. The van der Waals surface area contributed by atoms with Crippen LogP contribution in [0.5, 0.6) is 0 Å². The fourth-order valence-electron chi connectivity index (χ4n) is 2.30.